The summed E-state index contributed by atoms with van der Waals surface area (Å²) in [7, 11) is 0. The normalized spacial score (nSPS) is 10.5. The average Bonchev–Trinajstić information content (AvgIpc) is 2.85. The smallest absolute Gasteiger partial charge is 0.122 e. The van der Waals surface area contributed by atoms with Gasteiger partial charge in [0.05, 0.1) is 6.61 Å². The van der Waals surface area contributed by atoms with Gasteiger partial charge in [-0.2, -0.15) is 0 Å². The van der Waals surface area contributed by atoms with Crippen LogP contribution in [0.4, 0.5) is 5.69 Å². The first-order valence-electron chi connectivity index (χ1n) is 11.7. The molecule has 0 spiro atoms. The third kappa shape index (κ3) is 8.93. The second kappa shape index (κ2) is 14.0. The zero-order valence-electron chi connectivity index (χ0n) is 19.1. The fourth-order valence-electron chi connectivity index (χ4n) is 3.31. The highest BCUT2D eigenvalue weighted by Gasteiger charge is 1.99. The summed E-state index contributed by atoms with van der Waals surface area (Å²) in [6.45, 7) is 4.82. The minimum Gasteiger partial charge on any atom is -0.494 e. The van der Waals surface area contributed by atoms with Crippen LogP contribution in [0.2, 0.25) is 0 Å². The molecule has 0 unspecified atom stereocenters. The van der Waals surface area contributed by atoms with Gasteiger partial charge in [-0.05, 0) is 60.5 Å². The molecule has 0 bridgehead atoms. The van der Waals surface area contributed by atoms with Crippen LogP contribution in [0, 0.1) is 0 Å². The van der Waals surface area contributed by atoms with Crippen LogP contribution in [0.25, 0.3) is 0 Å². The number of hydrogen-bond donors (Lipinski definition) is 1. The van der Waals surface area contributed by atoms with E-state index in [0.29, 0.717) is 13.2 Å². The van der Waals surface area contributed by atoms with E-state index in [1.165, 1.54) is 31.2 Å². The van der Waals surface area contributed by atoms with E-state index in [-0.39, 0.29) is 0 Å². The van der Waals surface area contributed by atoms with Crippen LogP contribution in [-0.4, -0.2) is 19.8 Å². The lowest BCUT2D eigenvalue weighted by Crippen LogP contribution is -2.09. The highest BCUT2D eigenvalue weighted by Crippen LogP contribution is 2.18. The Labute approximate surface area is 192 Å². The maximum atomic E-state index is 5.83. The Bertz CT molecular complexity index is 863. The number of benzene rings is 3. The lowest BCUT2D eigenvalue weighted by molar-refractivity contribution is 0.217. The Hall–Kier alpha value is -3.14. The van der Waals surface area contributed by atoms with Crippen LogP contribution in [-0.2, 0) is 6.54 Å². The number of nitrogens with one attached hydrogen (secondary N) is 1. The van der Waals surface area contributed by atoms with Gasteiger partial charge in [-0.25, -0.2) is 0 Å². The van der Waals surface area contributed by atoms with E-state index < -0.39 is 0 Å². The Morgan fingerprint density at radius 3 is 1.78 bits per heavy atom. The van der Waals surface area contributed by atoms with Crippen LogP contribution in [0.15, 0.2) is 78.9 Å². The molecule has 0 heterocycles. The highest BCUT2D eigenvalue weighted by atomic mass is 16.5. The summed E-state index contributed by atoms with van der Waals surface area (Å²) in [6.07, 6.45) is 6.27. The van der Waals surface area contributed by atoms with Crippen molar-refractivity contribution in [2.24, 2.45) is 0 Å². The van der Waals surface area contributed by atoms with Gasteiger partial charge in [-0.3, -0.25) is 0 Å². The standard InChI is InChI=1S/C28H35NO3/c1-2-3-4-5-9-20-30-28-18-14-25(15-19-28)29-23-24-12-16-27(17-13-24)32-22-21-31-26-10-7-6-8-11-26/h6-8,10-19,29H,2-5,9,20-23H2,1H3. The number of unbranched alkanes of at least 4 members (excludes halogenated alkanes) is 4. The highest BCUT2D eigenvalue weighted by molar-refractivity contribution is 5.47. The molecule has 0 aromatic heterocycles. The fraction of sp³-hybridized carbons (Fsp3) is 0.357. The van der Waals surface area contributed by atoms with Gasteiger partial charge in [0.1, 0.15) is 30.5 Å². The quantitative estimate of drug-likeness (QED) is 0.259. The molecule has 0 saturated heterocycles. The number of hydrogen-bond acceptors (Lipinski definition) is 4. The molecule has 0 radical (unpaired) electrons. The van der Waals surface area contributed by atoms with E-state index in [1.54, 1.807) is 0 Å². The summed E-state index contributed by atoms with van der Waals surface area (Å²) in [5, 5.41) is 3.45. The first-order valence-corrected chi connectivity index (χ1v) is 11.7. The zero-order valence-corrected chi connectivity index (χ0v) is 19.1. The first-order chi connectivity index (χ1) is 15.8. The molecule has 0 atom stereocenters. The minimum absolute atomic E-state index is 0.514. The van der Waals surface area contributed by atoms with Crippen molar-refractivity contribution in [2.75, 3.05) is 25.1 Å². The van der Waals surface area contributed by atoms with Crippen LogP contribution in [0.1, 0.15) is 44.6 Å². The zero-order chi connectivity index (χ0) is 22.3. The third-order valence-electron chi connectivity index (χ3n) is 5.15. The van der Waals surface area contributed by atoms with E-state index in [4.69, 9.17) is 14.2 Å². The van der Waals surface area contributed by atoms with Crippen molar-refractivity contribution in [3.05, 3.63) is 84.4 Å². The molecule has 3 aromatic rings. The van der Waals surface area contributed by atoms with Gasteiger partial charge < -0.3 is 19.5 Å². The number of rotatable bonds is 15. The van der Waals surface area contributed by atoms with Gasteiger partial charge in [0.2, 0.25) is 0 Å². The molecule has 3 aromatic carbocycles. The van der Waals surface area contributed by atoms with Gasteiger partial charge in [0, 0.05) is 12.2 Å². The summed E-state index contributed by atoms with van der Waals surface area (Å²) in [5.74, 6) is 2.64. The second-order valence-corrected chi connectivity index (χ2v) is 7.79. The van der Waals surface area contributed by atoms with Crippen molar-refractivity contribution in [1.29, 1.82) is 0 Å². The lowest BCUT2D eigenvalue weighted by Gasteiger charge is -2.11. The molecule has 0 saturated carbocycles. The van der Waals surface area contributed by atoms with Crippen LogP contribution >= 0.6 is 0 Å². The van der Waals surface area contributed by atoms with E-state index in [0.717, 1.165) is 42.5 Å². The number of anilines is 1. The first kappa shape index (κ1) is 23.5. The summed E-state index contributed by atoms with van der Waals surface area (Å²) < 4.78 is 17.2. The average molecular weight is 434 g/mol. The predicted molar refractivity (Wildman–Crippen MR) is 132 cm³/mol. The van der Waals surface area contributed by atoms with E-state index in [2.05, 4.69) is 36.5 Å². The predicted octanol–water partition coefficient (Wildman–Crippen LogP) is 7.11. The monoisotopic (exact) mass is 433 g/mol. The van der Waals surface area contributed by atoms with E-state index in [1.807, 2.05) is 54.6 Å². The van der Waals surface area contributed by atoms with Crippen LogP contribution < -0.4 is 19.5 Å². The van der Waals surface area contributed by atoms with Gasteiger partial charge in [-0.15, -0.1) is 0 Å². The van der Waals surface area contributed by atoms with Crippen LogP contribution in [0.5, 0.6) is 17.2 Å². The molecule has 4 heteroatoms. The van der Waals surface area contributed by atoms with Crippen molar-refractivity contribution in [1.82, 2.24) is 0 Å². The van der Waals surface area contributed by atoms with Crippen molar-refractivity contribution in [2.45, 2.75) is 45.6 Å². The molecule has 0 aliphatic heterocycles. The number of para-hydroxylation sites is 1. The van der Waals surface area contributed by atoms with Gasteiger partial charge in [0.15, 0.2) is 0 Å². The maximum Gasteiger partial charge on any atom is 0.122 e. The molecule has 0 fully saturated rings. The molecular formula is C28H35NO3. The van der Waals surface area contributed by atoms with Crippen molar-refractivity contribution in [3.63, 3.8) is 0 Å². The van der Waals surface area contributed by atoms with Crippen molar-refractivity contribution in [3.8, 4) is 17.2 Å². The summed E-state index contributed by atoms with van der Waals surface area (Å²) in [6, 6.07) is 26.1. The lowest BCUT2D eigenvalue weighted by atomic mass is 10.2. The summed E-state index contributed by atoms with van der Waals surface area (Å²) in [5.41, 5.74) is 2.28. The van der Waals surface area contributed by atoms with Gasteiger partial charge in [0.25, 0.3) is 0 Å². The second-order valence-electron chi connectivity index (χ2n) is 7.79. The van der Waals surface area contributed by atoms with E-state index >= 15 is 0 Å². The molecular weight excluding hydrogens is 398 g/mol. The van der Waals surface area contributed by atoms with Gasteiger partial charge >= 0.3 is 0 Å². The largest absolute Gasteiger partial charge is 0.494 e. The molecule has 0 amide bonds. The molecule has 1 N–H and O–H groups in total. The summed E-state index contributed by atoms with van der Waals surface area (Å²) in [4.78, 5) is 0. The van der Waals surface area contributed by atoms with E-state index in [9.17, 15) is 0 Å². The Balaban J connectivity index is 1.31. The Morgan fingerprint density at radius 2 is 1.12 bits per heavy atom. The molecule has 170 valence electrons. The Kier molecular flexibility index (Phi) is 10.3. The molecule has 0 aliphatic carbocycles. The molecule has 0 aliphatic rings. The topological polar surface area (TPSA) is 39.7 Å². The minimum atomic E-state index is 0.514. The van der Waals surface area contributed by atoms with Crippen molar-refractivity contribution >= 4 is 5.69 Å². The van der Waals surface area contributed by atoms with Gasteiger partial charge in [-0.1, -0.05) is 62.9 Å². The number of ether oxygens (including phenoxy) is 3. The maximum absolute atomic E-state index is 5.83. The molecule has 4 nitrogen and oxygen atoms in total. The van der Waals surface area contributed by atoms with Crippen LogP contribution in [0.3, 0.4) is 0 Å². The third-order valence-corrected chi connectivity index (χ3v) is 5.15. The van der Waals surface area contributed by atoms with Crippen molar-refractivity contribution < 1.29 is 14.2 Å². The fourth-order valence-corrected chi connectivity index (χ4v) is 3.31. The summed E-state index contributed by atoms with van der Waals surface area (Å²) >= 11 is 0. The molecule has 32 heavy (non-hydrogen) atoms. The Morgan fingerprint density at radius 1 is 0.562 bits per heavy atom. The molecule has 3 rings (SSSR count). The SMILES string of the molecule is CCCCCCCOc1ccc(NCc2ccc(OCCOc3ccccc3)cc2)cc1.